The van der Waals surface area contributed by atoms with Gasteiger partial charge in [0.05, 0.1) is 4.90 Å². The molecule has 1 N–H and O–H groups in total. The molecule has 0 unspecified atom stereocenters. The van der Waals surface area contributed by atoms with Crippen molar-refractivity contribution < 1.29 is 8.42 Å². The van der Waals surface area contributed by atoms with Gasteiger partial charge < -0.3 is 4.57 Å². The first-order valence-electron chi connectivity index (χ1n) is 4.80. The summed E-state index contributed by atoms with van der Waals surface area (Å²) in [5.41, 5.74) is 0.821. The minimum atomic E-state index is -3.38. The van der Waals surface area contributed by atoms with E-state index in [1.165, 1.54) is 7.05 Å². The molecule has 0 radical (unpaired) electrons. The molecule has 2 aromatic rings. The molecule has 84 valence electrons. The quantitative estimate of drug-likeness (QED) is 0.875. The molecule has 2 rings (SSSR count). The third-order valence-corrected chi connectivity index (χ3v) is 3.71. The largest absolute Gasteiger partial charge is 0.324 e. The van der Waals surface area contributed by atoms with Crippen molar-refractivity contribution in [2.45, 2.75) is 4.90 Å². The average Bonchev–Trinajstić information content (AvgIpc) is 2.83. The van der Waals surface area contributed by atoms with Crippen LogP contribution in [-0.2, 0) is 10.0 Å². The number of hydrogen-bond donors (Lipinski definition) is 1. The summed E-state index contributed by atoms with van der Waals surface area (Å²) in [5, 5.41) is 0. The molecule has 4 nitrogen and oxygen atoms in total. The van der Waals surface area contributed by atoms with Crippen molar-refractivity contribution in [2.24, 2.45) is 0 Å². The van der Waals surface area contributed by atoms with E-state index >= 15 is 0 Å². The van der Waals surface area contributed by atoms with Gasteiger partial charge in [0.15, 0.2) is 0 Å². The molecule has 0 aliphatic heterocycles. The number of sulfonamides is 1. The molecule has 0 bridgehead atoms. The summed E-state index contributed by atoms with van der Waals surface area (Å²) in [7, 11) is -1.97. The fourth-order valence-corrected chi connectivity index (χ4v) is 2.21. The van der Waals surface area contributed by atoms with Crippen LogP contribution in [0.3, 0.4) is 0 Å². The zero-order valence-corrected chi connectivity index (χ0v) is 9.61. The van der Waals surface area contributed by atoms with Crippen molar-refractivity contribution in [1.82, 2.24) is 9.29 Å². The summed E-state index contributed by atoms with van der Waals surface area (Å²) < 4.78 is 27.4. The second-order valence-electron chi connectivity index (χ2n) is 3.30. The molecule has 0 amide bonds. The van der Waals surface area contributed by atoms with Gasteiger partial charge in [-0.15, -0.1) is 0 Å². The van der Waals surface area contributed by atoms with Crippen LogP contribution in [0.1, 0.15) is 0 Å². The predicted octanol–water partition coefficient (Wildman–Crippen LogP) is 1.39. The first-order chi connectivity index (χ1) is 7.63. The summed E-state index contributed by atoms with van der Waals surface area (Å²) in [5.74, 6) is 0. The molecule has 1 aromatic carbocycles. The maximum Gasteiger partial charge on any atom is 0.240 e. The van der Waals surface area contributed by atoms with Crippen molar-refractivity contribution in [1.29, 1.82) is 0 Å². The van der Waals surface area contributed by atoms with Crippen molar-refractivity contribution in [3.8, 4) is 5.69 Å². The molecule has 1 aromatic heterocycles. The monoisotopic (exact) mass is 236 g/mol. The van der Waals surface area contributed by atoms with Crippen LogP contribution >= 0.6 is 0 Å². The Hall–Kier alpha value is -1.59. The summed E-state index contributed by atoms with van der Waals surface area (Å²) in [6.45, 7) is 0. The lowest BCUT2D eigenvalue weighted by Crippen LogP contribution is -2.18. The van der Waals surface area contributed by atoms with Crippen LogP contribution in [0.15, 0.2) is 53.7 Å². The average molecular weight is 236 g/mol. The minimum Gasteiger partial charge on any atom is -0.324 e. The van der Waals surface area contributed by atoms with Crippen LogP contribution in [0, 0.1) is 0 Å². The molecule has 0 saturated heterocycles. The zero-order valence-electron chi connectivity index (χ0n) is 8.79. The highest BCUT2D eigenvalue weighted by atomic mass is 32.2. The number of rotatable bonds is 3. The number of aromatic nitrogens is 1. The number of hydrogen-bond acceptors (Lipinski definition) is 2. The standard InChI is InChI=1S/C11H12N2O2S/c1-12-16(14,15)11-6-4-5-10(9-11)13-7-2-3-8-13/h2-9,12H,1H3. The highest BCUT2D eigenvalue weighted by molar-refractivity contribution is 7.89. The lowest BCUT2D eigenvalue weighted by Gasteiger charge is -2.06. The first-order valence-corrected chi connectivity index (χ1v) is 6.29. The number of nitrogens with one attached hydrogen (secondary N) is 1. The Morgan fingerprint density at radius 3 is 2.44 bits per heavy atom. The Balaban J connectivity index is 2.50. The van der Waals surface area contributed by atoms with Crippen LogP contribution in [0.25, 0.3) is 5.69 Å². The van der Waals surface area contributed by atoms with E-state index in [-0.39, 0.29) is 4.90 Å². The Kier molecular flexibility index (Phi) is 2.80. The molecule has 1 heterocycles. The summed E-state index contributed by atoms with van der Waals surface area (Å²) in [6.07, 6.45) is 3.73. The van der Waals surface area contributed by atoms with E-state index in [9.17, 15) is 8.42 Å². The summed E-state index contributed by atoms with van der Waals surface area (Å²) in [4.78, 5) is 0.265. The van der Waals surface area contributed by atoms with Crippen LogP contribution in [0.5, 0.6) is 0 Å². The summed E-state index contributed by atoms with van der Waals surface area (Å²) in [6, 6.07) is 10.6. The lowest BCUT2D eigenvalue weighted by atomic mass is 10.3. The van der Waals surface area contributed by atoms with Gasteiger partial charge in [0.25, 0.3) is 0 Å². The third-order valence-electron chi connectivity index (χ3n) is 2.30. The Morgan fingerprint density at radius 2 is 1.81 bits per heavy atom. The minimum absolute atomic E-state index is 0.265. The molecule has 0 aliphatic carbocycles. The molecule has 5 heteroatoms. The Labute approximate surface area is 94.6 Å². The van der Waals surface area contributed by atoms with Gasteiger partial charge in [-0.25, -0.2) is 13.1 Å². The van der Waals surface area contributed by atoms with Gasteiger partial charge in [-0.2, -0.15) is 0 Å². The molecular weight excluding hydrogens is 224 g/mol. The summed E-state index contributed by atoms with van der Waals surface area (Å²) >= 11 is 0. The van der Waals surface area contributed by atoms with E-state index in [4.69, 9.17) is 0 Å². The first kappa shape index (κ1) is 10.9. The fourth-order valence-electron chi connectivity index (χ4n) is 1.44. The van der Waals surface area contributed by atoms with E-state index < -0.39 is 10.0 Å². The highest BCUT2D eigenvalue weighted by Crippen LogP contribution is 2.14. The smallest absolute Gasteiger partial charge is 0.240 e. The zero-order chi connectivity index (χ0) is 11.6. The molecule has 0 spiro atoms. The highest BCUT2D eigenvalue weighted by Gasteiger charge is 2.11. The van der Waals surface area contributed by atoms with Crippen LogP contribution in [0.2, 0.25) is 0 Å². The predicted molar refractivity (Wildman–Crippen MR) is 62.0 cm³/mol. The van der Waals surface area contributed by atoms with Gasteiger partial charge >= 0.3 is 0 Å². The van der Waals surface area contributed by atoms with E-state index in [0.29, 0.717) is 0 Å². The van der Waals surface area contributed by atoms with Gasteiger partial charge in [0.2, 0.25) is 10.0 Å². The van der Waals surface area contributed by atoms with Crippen LogP contribution in [0.4, 0.5) is 0 Å². The Bertz CT molecular complexity index is 574. The lowest BCUT2D eigenvalue weighted by molar-refractivity contribution is 0.588. The van der Waals surface area contributed by atoms with Crippen molar-refractivity contribution >= 4 is 10.0 Å². The van der Waals surface area contributed by atoms with E-state index in [1.54, 1.807) is 18.2 Å². The fraction of sp³-hybridized carbons (Fsp3) is 0.0909. The second-order valence-corrected chi connectivity index (χ2v) is 5.18. The van der Waals surface area contributed by atoms with Gasteiger partial charge in [0, 0.05) is 18.1 Å². The molecule has 0 fully saturated rings. The SMILES string of the molecule is CNS(=O)(=O)c1cccc(-n2cccc2)c1. The molecule has 16 heavy (non-hydrogen) atoms. The number of nitrogens with zero attached hydrogens (tertiary/aromatic N) is 1. The van der Waals surface area contributed by atoms with Gasteiger partial charge in [0.1, 0.15) is 0 Å². The molecule has 0 aliphatic rings. The third kappa shape index (κ3) is 2.00. The Morgan fingerprint density at radius 1 is 1.12 bits per heavy atom. The van der Waals surface area contributed by atoms with Gasteiger partial charge in [-0.1, -0.05) is 6.07 Å². The van der Waals surface area contributed by atoms with E-state index in [1.807, 2.05) is 35.2 Å². The van der Waals surface area contributed by atoms with Gasteiger partial charge in [-0.05, 0) is 37.4 Å². The van der Waals surface area contributed by atoms with Crippen molar-refractivity contribution in [3.05, 3.63) is 48.8 Å². The number of benzene rings is 1. The van der Waals surface area contributed by atoms with Crippen molar-refractivity contribution in [3.63, 3.8) is 0 Å². The van der Waals surface area contributed by atoms with Crippen LogP contribution < -0.4 is 4.72 Å². The van der Waals surface area contributed by atoms with E-state index in [2.05, 4.69) is 4.72 Å². The topological polar surface area (TPSA) is 51.1 Å². The second kappa shape index (κ2) is 4.11. The maximum atomic E-state index is 11.6. The molecular formula is C11H12N2O2S. The molecule has 0 atom stereocenters. The molecule has 0 saturated carbocycles. The maximum absolute atomic E-state index is 11.6. The van der Waals surface area contributed by atoms with Crippen molar-refractivity contribution in [2.75, 3.05) is 7.05 Å². The normalized spacial score (nSPS) is 11.6. The van der Waals surface area contributed by atoms with E-state index in [0.717, 1.165) is 5.69 Å². The van der Waals surface area contributed by atoms with Crippen LogP contribution in [-0.4, -0.2) is 20.0 Å². The van der Waals surface area contributed by atoms with Gasteiger partial charge in [-0.3, -0.25) is 0 Å².